The number of hydrogen-bond donors (Lipinski definition) is 2. The normalized spacial score (nSPS) is 10.1. The van der Waals surface area contributed by atoms with E-state index in [0.29, 0.717) is 24.8 Å². The van der Waals surface area contributed by atoms with Gasteiger partial charge in [0.1, 0.15) is 18.2 Å². The molecule has 0 amide bonds. The Morgan fingerprint density at radius 1 is 1.30 bits per heavy atom. The van der Waals surface area contributed by atoms with Gasteiger partial charge in [-0.3, -0.25) is 0 Å². The van der Waals surface area contributed by atoms with E-state index in [1.807, 2.05) is 43.3 Å². The van der Waals surface area contributed by atoms with Gasteiger partial charge in [-0.2, -0.15) is 4.98 Å². The molecule has 0 aliphatic carbocycles. The molecular weight excluding hydrogens is 254 g/mol. The van der Waals surface area contributed by atoms with Gasteiger partial charge in [-0.1, -0.05) is 6.07 Å². The van der Waals surface area contributed by atoms with Crippen molar-refractivity contribution < 1.29 is 4.74 Å². The first-order chi connectivity index (χ1) is 9.65. The van der Waals surface area contributed by atoms with Gasteiger partial charge >= 0.3 is 0 Å². The minimum absolute atomic E-state index is 0.532. The highest BCUT2D eigenvalue weighted by Gasteiger charge is 2.00. The minimum Gasteiger partial charge on any atom is -0.492 e. The molecule has 0 saturated carbocycles. The van der Waals surface area contributed by atoms with Crippen LogP contribution in [0.15, 0.2) is 36.5 Å². The van der Waals surface area contributed by atoms with E-state index >= 15 is 0 Å². The number of nitrogen functional groups attached to an aromatic ring is 1. The molecular formula is C14H19N5O. The molecule has 106 valence electrons. The van der Waals surface area contributed by atoms with E-state index in [1.54, 1.807) is 12.3 Å². The van der Waals surface area contributed by atoms with Crippen LogP contribution in [-0.2, 0) is 0 Å². The van der Waals surface area contributed by atoms with Crippen LogP contribution in [0, 0.1) is 0 Å². The number of nitrogens with zero attached hydrogens (tertiary/aromatic N) is 3. The summed E-state index contributed by atoms with van der Waals surface area (Å²) in [6, 6.07) is 9.20. The fourth-order valence-corrected chi connectivity index (χ4v) is 1.61. The van der Waals surface area contributed by atoms with Crippen molar-refractivity contribution in [1.29, 1.82) is 0 Å². The monoisotopic (exact) mass is 273 g/mol. The van der Waals surface area contributed by atoms with E-state index in [0.717, 1.165) is 11.6 Å². The summed E-state index contributed by atoms with van der Waals surface area (Å²) < 4.78 is 5.59. The molecule has 1 heterocycles. The van der Waals surface area contributed by atoms with Crippen molar-refractivity contribution in [3.05, 3.63) is 36.5 Å². The van der Waals surface area contributed by atoms with Gasteiger partial charge in [-0.25, -0.2) is 4.98 Å². The number of nitrogens with one attached hydrogen (secondary N) is 1. The van der Waals surface area contributed by atoms with E-state index in [1.165, 1.54) is 0 Å². The van der Waals surface area contributed by atoms with Gasteiger partial charge in [0.25, 0.3) is 0 Å². The maximum atomic E-state index is 5.68. The van der Waals surface area contributed by atoms with E-state index < -0.39 is 0 Å². The Labute approximate surface area is 118 Å². The lowest BCUT2D eigenvalue weighted by atomic mass is 10.3. The molecule has 0 spiro atoms. The molecule has 2 rings (SSSR count). The third kappa shape index (κ3) is 4.01. The Morgan fingerprint density at radius 2 is 2.15 bits per heavy atom. The molecule has 0 radical (unpaired) electrons. The smallest absolute Gasteiger partial charge is 0.226 e. The van der Waals surface area contributed by atoms with Crippen molar-refractivity contribution in [2.45, 2.75) is 0 Å². The lowest BCUT2D eigenvalue weighted by Crippen LogP contribution is -2.16. The number of benzene rings is 1. The van der Waals surface area contributed by atoms with Gasteiger partial charge in [0.05, 0.1) is 6.54 Å². The third-order valence-corrected chi connectivity index (χ3v) is 2.58. The predicted octanol–water partition coefficient (Wildman–Crippen LogP) is 1.62. The topological polar surface area (TPSA) is 76.3 Å². The van der Waals surface area contributed by atoms with E-state index in [9.17, 15) is 0 Å². The molecule has 0 atom stereocenters. The standard InChI is InChI=1S/C14H19N5O/c1-19(2)14-17-7-6-13(18-14)16-8-9-20-12-5-3-4-11(15)10-12/h3-7,10H,8-9,15H2,1-2H3,(H,16,17,18). The quantitative estimate of drug-likeness (QED) is 0.615. The van der Waals surface area contributed by atoms with E-state index in [2.05, 4.69) is 15.3 Å². The van der Waals surface area contributed by atoms with Gasteiger partial charge in [-0.05, 0) is 18.2 Å². The second-order valence-corrected chi connectivity index (χ2v) is 4.48. The van der Waals surface area contributed by atoms with E-state index in [-0.39, 0.29) is 0 Å². The summed E-state index contributed by atoms with van der Waals surface area (Å²) in [6.45, 7) is 1.18. The van der Waals surface area contributed by atoms with Gasteiger partial charge in [0.2, 0.25) is 5.95 Å². The molecule has 0 fully saturated rings. The zero-order chi connectivity index (χ0) is 14.4. The maximum absolute atomic E-state index is 5.68. The number of nitrogens with two attached hydrogens (primary N) is 1. The summed E-state index contributed by atoms with van der Waals surface area (Å²) in [5.74, 6) is 2.22. The highest BCUT2D eigenvalue weighted by molar-refractivity contribution is 5.43. The van der Waals surface area contributed by atoms with Crippen LogP contribution in [0.2, 0.25) is 0 Å². The molecule has 0 aliphatic rings. The SMILES string of the molecule is CN(C)c1nccc(NCCOc2cccc(N)c2)n1. The van der Waals surface area contributed by atoms with Gasteiger partial charge in [-0.15, -0.1) is 0 Å². The fourth-order valence-electron chi connectivity index (χ4n) is 1.61. The molecule has 3 N–H and O–H groups in total. The summed E-state index contributed by atoms with van der Waals surface area (Å²) in [5, 5.41) is 3.19. The number of rotatable bonds is 6. The van der Waals surface area contributed by atoms with Gasteiger partial charge < -0.3 is 20.7 Å². The van der Waals surface area contributed by atoms with E-state index in [4.69, 9.17) is 10.5 Å². The maximum Gasteiger partial charge on any atom is 0.226 e. The van der Waals surface area contributed by atoms with Crippen molar-refractivity contribution >= 4 is 17.5 Å². The van der Waals surface area contributed by atoms with Gasteiger partial charge in [0, 0.05) is 32.0 Å². The second kappa shape index (κ2) is 6.60. The lowest BCUT2D eigenvalue weighted by molar-refractivity contribution is 0.333. The van der Waals surface area contributed by atoms with Crippen molar-refractivity contribution in [1.82, 2.24) is 9.97 Å². The van der Waals surface area contributed by atoms with Crippen LogP contribution >= 0.6 is 0 Å². The molecule has 0 unspecified atom stereocenters. The molecule has 0 bridgehead atoms. The van der Waals surface area contributed by atoms with Crippen LogP contribution in [0.25, 0.3) is 0 Å². The number of ether oxygens (including phenoxy) is 1. The first-order valence-corrected chi connectivity index (χ1v) is 6.38. The first kappa shape index (κ1) is 13.9. The van der Waals surface area contributed by atoms with Crippen molar-refractivity contribution in [3.8, 4) is 5.75 Å². The molecule has 6 nitrogen and oxygen atoms in total. The molecule has 6 heteroatoms. The Bertz CT molecular complexity index is 559. The average Bonchev–Trinajstić information content (AvgIpc) is 2.44. The second-order valence-electron chi connectivity index (χ2n) is 4.48. The molecule has 1 aromatic heterocycles. The Balaban J connectivity index is 1.80. The summed E-state index contributed by atoms with van der Waals surface area (Å²) in [6.07, 6.45) is 1.73. The fraction of sp³-hybridized carbons (Fsp3) is 0.286. The van der Waals surface area contributed by atoms with Crippen LogP contribution in [0.4, 0.5) is 17.5 Å². The summed E-state index contributed by atoms with van der Waals surface area (Å²) in [4.78, 5) is 10.4. The molecule has 0 saturated heterocycles. The van der Waals surface area contributed by atoms with Crippen LogP contribution in [0.3, 0.4) is 0 Å². The van der Waals surface area contributed by atoms with Crippen LogP contribution < -0.4 is 20.7 Å². The Hall–Kier alpha value is -2.50. The van der Waals surface area contributed by atoms with Crippen LogP contribution in [0.1, 0.15) is 0 Å². The predicted molar refractivity (Wildman–Crippen MR) is 81.2 cm³/mol. The number of anilines is 3. The number of hydrogen-bond acceptors (Lipinski definition) is 6. The average molecular weight is 273 g/mol. The van der Waals surface area contributed by atoms with Crippen molar-refractivity contribution in [3.63, 3.8) is 0 Å². The third-order valence-electron chi connectivity index (χ3n) is 2.58. The first-order valence-electron chi connectivity index (χ1n) is 6.38. The zero-order valence-corrected chi connectivity index (χ0v) is 11.7. The largest absolute Gasteiger partial charge is 0.492 e. The van der Waals surface area contributed by atoms with Crippen LogP contribution in [0.5, 0.6) is 5.75 Å². The summed E-state index contributed by atoms with van der Waals surface area (Å²) in [7, 11) is 3.81. The molecule has 20 heavy (non-hydrogen) atoms. The van der Waals surface area contributed by atoms with Crippen molar-refractivity contribution in [2.24, 2.45) is 0 Å². The lowest BCUT2D eigenvalue weighted by Gasteiger charge is -2.12. The molecule has 0 aliphatic heterocycles. The zero-order valence-electron chi connectivity index (χ0n) is 11.7. The summed E-state index contributed by atoms with van der Waals surface area (Å²) >= 11 is 0. The highest BCUT2D eigenvalue weighted by atomic mass is 16.5. The Kier molecular flexibility index (Phi) is 4.60. The highest BCUT2D eigenvalue weighted by Crippen LogP contribution is 2.14. The van der Waals surface area contributed by atoms with Crippen molar-refractivity contribution in [2.75, 3.05) is 43.2 Å². The van der Waals surface area contributed by atoms with Crippen LogP contribution in [-0.4, -0.2) is 37.2 Å². The summed E-state index contributed by atoms with van der Waals surface area (Å²) in [5.41, 5.74) is 6.38. The minimum atomic E-state index is 0.532. The molecule has 2 aromatic rings. The number of aromatic nitrogens is 2. The molecule has 1 aromatic carbocycles. The van der Waals surface area contributed by atoms with Gasteiger partial charge in [0.15, 0.2) is 0 Å². The Morgan fingerprint density at radius 3 is 2.90 bits per heavy atom.